The monoisotopic (exact) mass is 145 g/mol. The Morgan fingerprint density at radius 1 is 1.20 bits per heavy atom. The summed E-state index contributed by atoms with van der Waals surface area (Å²) in [6.45, 7) is 9.13. The molecule has 0 aromatic carbocycles. The molecule has 2 nitrogen and oxygen atoms in total. The van der Waals surface area contributed by atoms with Crippen LogP contribution in [0.25, 0.3) is 0 Å². The van der Waals surface area contributed by atoms with Crippen molar-refractivity contribution in [2.24, 2.45) is 11.8 Å². The van der Waals surface area contributed by atoms with E-state index in [1.165, 1.54) is 0 Å². The smallest absolute Gasteiger partial charge is 0.107 e. The Kier molecular flexibility index (Phi) is 4.65. The summed E-state index contributed by atoms with van der Waals surface area (Å²) >= 11 is 0. The van der Waals surface area contributed by atoms with E-state index in [-0.39, 0.29) is 6.23 Å². The Hall–Kier alpha value is -0.0800. The van der Waals surface area contributed by atoms with Crippen LogP contribution in [0, 0.1) is 11.8 Å². The Morgan fingerprint density at radius 3 is 2.00 bits per heavy atom. The molecule has 2 heteroatoms. The van der Waals surface area contributed by atoms with Crippen LogP contribution < -0.4 is 5.32 Å². The van der Waals surface area contributed by atoms with Gasteiger partial charge in [-0.05, 0) is 18.4 Å². The molecule has 62 valence electrons. The van der Waals surface area contributed by atoms with Crippen LogP contribution in [0.15, 0.2) is 0 Å². The minimum atomic E-state index is -0.345. The van der Waals surface area contributed by atoms with Crippen LogP contribution in [0.1, 0.15) is 27.7 Å². The van der Waals surface area contributed by atoms with Gasteiger partial charge in [-0.1, -0.05) is 27.7 Å². The molecule has 0 radical (unpaired) electrons. The largest absolute Gasteiger partial charge is 0.378 e. The maximum absolute atomic E-state index is 9.26. The van der Waals surface area contributed by atoms with E-state index in [1.54, 1.807) is 0 Å². The summed E-state index contributed by atoms with van der Waals surface area (Å²) < 4.78 is 0. The minimum absolute atomic E-state index is 0.304. The van der Waals surface area contributed by atoms with Gasteiger partial charge in [0.25, 0.3) is 0 Å². The van der Waals surface area contributed by atoms with E-state index < -0.39 is 0 Å². The van der Waals surface area contributed by atoms with Crippen LogP contribution >= 0.6 is 0 Å². The van der Waals surface area contributed by atoms with Crippen molar-refractivity contribution in [1.82, 2.24) is 5.32 Å². The van der Waals surface area contributed by atoms with Crippen LogP contribution in [-0.2, 0) is 0 Å². The molecule has 2 N–H and O–H groups in total. The number of aliphatic hydroxyl groups is 1. The zero-order valence-corrected chi connectivity index (χ0v) is 7.39. The average molecular weight is 145 g/mol. The van der Waals surface area contributed by atoms with Crippen molar-refractivity contribution in [2.45, 2.75) is 33.9 Å². The third-order valence-electron chi connectivity index (χ3n) is 1.37. The molecule has 0 fully saturated rings. The van der Waals surface area contributed by atoms with Gasteiger partial charge in [-0.25, -0.2) is 0 Å². The normalized spacial score (nSPS) is 14.7. The van der Waals surface area contributed by atoms with Gasteiger partial charge in [-0.2, -0.15) is 0 Å². The standard InChI is InChI=1S/C8H19NO/c1-6(2)5-9-8(10)7(3)4/h6-10H,5H2,1-4H3. The van der Waals surface area contributed by atoms with Crippen molar-refractivity contribution in [1.29, 1.82) is 0 Å². The zero-order chi connectivity index (χ0) is 8.15. The molecule has 0 aliphatic heterocycles. The predicted molar refractivity (Wildman–Crippen MR) is 43.7 cm³/mol. The van der Waals surface area contributed by atoms with Crippen molar-refractivity contribution in [3.63, 3.8) is 0 Å². The summed E-state index contributed by atoms with van der Waals surface area (Å²) in [7, 11) is 0. The second-order valence-corrected chi connectivity index (χ2v) is 3.49. The zero-order valence-electron chi connectivity index (χ0n) is 7.39. The average Bonchev–Trinajstić information content (AvgIpc) is 1.82. The Morgan fingerprint density at radius 2 is 1.70 bits per heavy atom. The fourth-order valence-corrected chi connectivity index (χ4v) is 0.592. The van der Waals surface area contributed by atoms with Crippen molar-refractivity contribution in [3.05, 3.63) is 0 Å². The van der Waals surface area contributed by atoms with Gasteiger partial charge in [0.15, 0.2) is 0 Å². The van der Waals surface area contributed by atoms with Gasteiger partial charge in [0.05, 0.1) is 0 Å². The van der Waals surface area contributed by atoms with E-state index in [0.717, 1.165) is 6.54 Å². The number of aliphatic hydroxyl groups excluding tert-OH is 1. The van der Waals surface area contributed by atoms with Crippen LogP contribution in [-0.4, -0.2) is 17.9 Å². The van der Waals surface area contributed by atoms with E-state index in [9.17, 15) is 5.11 Å². The molecule has 10 heavy (non-hydrogen) atoms. The third-order valence-corrected chi connectivity index (χ3v) is 1.37. The lowest BCUT2D eigenvalue weighted by atomic mass is 10.1. The lowest BCUT2D eigenvalue weighted by Gasteiger charge is -2.17. The molecule has 1 atom stereocenters. The van der Waals surface area contributed by atoms with Gasteiger partial charge >= 0.3 is 0 Å². The van der Waals surface area contributed by atoms with Gasteiger partial charge in [0, 0.05) is 0 Å². The number of rotatable bonds is 4. The van der Waals surface area contributed by atoms with Gasteiger partial charge in [0.2, 0.25) is 0 Å². The van der Waals surface area contributed by atoms with Crippen LogP contribution in [0.5, 0.6) is 0 Å². The molecule has 0 aliphatic carbocycles. The quantitative estimate of drug-likeness (QED) is 0.583. The molecule has 0 amide bonds. The van der Waals surface area contributed by atoms with E-state index >= 15 is 0 Å². The van der Waals surface area contributed by atoms with Gasteiger partial charge in [0.1, 0.15) is 6.23 Å². The first-order chi connectivity index (χ1) is 4.54. The molecule has 0 heterocycles. The second kappa shape index (κ2) is 4.69. The molecule has 0 saturated heterocycles. The first kappa shape index (κ1) is 9.92. The minimum Gasteiger partial charge on any atom is -0.378 e. The summed E-state index contributed by atoms with van der Waals surface area (Å²) in [5.41, 5.74) is 0. The molecule has 0 aliphatic rings. The predicted octanol–water partition coefficient (Wildman–Crippen LogP) is 1.21. The Labute approximate surface area is 63.6 Å². The fraction of sp³-hybridized carbons (Fsp3) is 1.00. The lowest BCUT2D eigenvalue weighted by molar-refractivity contribution is 0.0874. The lowest BCUT2D eigenvalue weighted by Crippen LogP contribution is -2.35. The van der Waals surface area contributed by atoms with Crippen molar-refractivity contribution < 1.29 is 5.11 Å². The van der Waals surface area contributed by atoms with E-state index in [4.69, 9.17) is 0 Å². The molecule has 0 bridgehead atoms. The van der Waals surface area contributed by atoms with Crippen LogP contribution in [0.3, 0.4) is 0 Å². The third kappa shape index (κ3) is 4.77. The van der Waals surface area contributed by atoms with Crippen molar-refractivity contribution in [2.75, 3.05) is 6.54 Å². The topological polar surface area (TPSA) is 32.3 Å². The highest BCUT2D eigenvalue weighted by atomic mass is 16.3. The van der Waals surface area contributed by atoms with E-state index in [0.29, 0.717) is 11.8 Å². The second-order valence-electron chi connectivity index (χ2n) is 3.49. The summed E-state index contributed by atoms with van der Waals surface area (Å²) in [5.74, 6) is 0.909. The Bertz CT molecular complexity index is 81.3. The highest BCUT2D eigenvalue weighted by molar-refractivity contribution is 4.58. The molecule has 0 aromatic heterocycles. The molecule has 0 saturated carbocycles. The number of hydrogen-bond acceptors (Lipinski definition) is 2. The van der Waals surface area contributed by atoms with Crippen LogP contribution in [0.2, 0.25) is 0 Å². The number of nitrogens with one attached hydrogen (secondary N) is 1. The summed E-state index contributed by atoms with van der Waals surface area (Å²) in [6, 6.07) is 0. The van der Waals surface area contributed by atoms with Crippen molar-refractivity contribution >= 4 is 0 Å². The summed E-state index contributed by atoms with van der Waals surface area (Å²) in [4.78, 5) is 0. The highest BCUT2D eigenvalue weighted by Crippen LogP contribution is 1.97. The first-order valence-electron chi connectivity index (χ1n) is 3.95. The van der Waals surface area contributed by atoms with Gasteiger partial charge in [-0.15, -0.1) is 0 Å². The van der Waals surface area contributed by atoms with Crippen LogP contribution in [0.4, 0.5) is 0 Å². The molecule has 0 rings (SSSR count). The molecular weight excluding hydrogens is 126 g/mol. The van der Waals surface area contributed by atoms with Gasteiger partial charge < -0.3 is 5.11 Å². The molecular formula is C8H19NO. The first-order valence-corrected chi connectivity index (χ1v) is 3.95. The fourth-order valence-electron chi connectivity index (χ4n) is 0.592. The Balaban J connectivity index is 3.30. The highest BCUT2D eigenvalue weighted by Gasteiger charge is 2.07. The van der Waals surface area contributed by atoms with E-state index in [1.807, 2.05) is 13.8 Å². The molecule has 0 aromatic rings. The molecule has 0 spiro atoms. The van der Waals surface area contributed by atoms with Crippen molar-refractivity contribution in [3.8, 4) is 0 Å². The van der Waals surface area contributed by atoms with E-state index in [2.05, 4.69) is 19.2 Å². The maximum Gasteiger partial charge on any atom is 0.107 e. The summed E-state index contributed by atoms with van der Waals surface area (Å²) in [5, 5.41) is 12.3. The SMILES string of the molecule is CC(C)CNC(O)C(C)C. The van der Waals surface area contributed by atoms with Gasteiger partial charge in [-0.3, -0.25) is 5.32 Å². The summed E-state index contributed by atoms with van der Waals surface area (Å²) in [6.07, 6.45) is -0.345. The molecule has 1 unspecified atom stereocenters. The maximum atomic E-state index is 9.26. The number of hydrogen-bond donors (Lipinski definition) is 2.